The predicted octanol–water partition coefficient (Wildman–Crippen LogP) is 3.22. The van der Waals surface area contributed by atoms with Crippen molar-refractivity contribution in [2.24, 2.45) is 5.10 Å². The van der Waals surface area contributed by atoms with Gasteiger partial charge < -0.3 is 9.47 Å². The normalized spacial score (nSPS) is 25.8. The van der Waals surface area contributed by atoms with E-state index in [2.05, 4.69) is 5.10 Å². The minimum Gasteiger partial charge on any atom is -0.436 e. The lowest BCUT2D eigenvalue weighted by Gasteiger charge is -2.36. The molecule has 1 heterocycles. The van der Waals surface area contributed by atoms with Crippen molar-refractivity contribution in [2.45, 2.75) is 31.5 Å². The lowest BCUT2D eigenvalue weighted by atomic mass is 9.92. The highest BCUT2D eigenvalue weighted by Crippen LogP contribution is 2.29. The van der Waals surface area contributed by atoms with Crippen molar-refractivity contribution in [3.05, 3.63) is 29.3 Å². The fourth-order valence-electron chi connectivity index (χ4n) is 2.56. The molecule has 6 heteroatoms. The summed E-state index contributed by atoms with van der Waals surface area (Å²) in [7, 11) is 1.63. The zero-order chi connectivity index (χ0) is 14.1. The van der Waals surface area contributed by atoms with Crippen LogP contribution in [0.2, 0.25) is 5.02 Å². The Bertz CT molecular complexity index is 544. The number of rotatable bonds is 2. The number of hydrogen-bond acceptors (Lipinski definition) is 4. The maximum Gasteiger partial charge on any atom is 0.435 e. The molecule has 5 nitrogen and oxygen atoms in total. The van der Waals surface area contributed by atoms with E-state index >= 15 is 0 Å². The molecule has 0 radical (unpaired) electrons. The quantitative estimate of drug-likeness (QED) is 0.841. The van der Waals surface area contributed by atoms with Crippen molar-refractivity contribution < 1.29 is 14.3 Å². The lowest BCUT2D eigenvalue weighted by Crippen LogP contribution is -2.49. The number of halogens is 1. The van der Waals surface area contributed by atoms with Crippen LogP contribution in [0.15, 0.2) is 29.4 Å². The highest BCUT2D eigenvalue weighted by Gasteiger charge is 2.39. The first-order chi connectivity index (χ1) is 9.69. The van der Waals surface area contributed by atoms with E-state index in [9.17, 15) is 4.79 Å². The van der Waals surface area contributed by atoms with E-state index in [-0.39, 0.29) is 12.2 Å². The third-order valence-electron chi connectivity index (χ3n) is 3.59. The zero-order valence-electron chi connectivity index (χ0n) is 11.1. The molecule has 2 aliphatic rings. The van der Waals surface area contributed by atoms with Crippen molar-refractivity contribution in [2.75, 3.05) is 12.1 Å². The SMILES string of the molecule is COC1CCCC2=NN(c3ccc(Cl)cc3)C(=O)OC21. The van der Waals surface area contributed by atoms with E-state index < -0.39 is 6.09 Å². The van der Waals surface area contributed by atoms with E-state index in [4.69, 9.17) is 21.1 Å². The van der Waals surface area contributed by atoms with Gasteiger partial charge in [-0.2, -0.15) is 10.1 Å². The van der Waals surface area contributed by atoms with Gasteiger partial charge in [0.05, 0.1) is 17.5 Å². The average Bonchev–Trinajstić information content (AvgIpc) is 2.47. The highest BCUT2D eigenvalue weighted by atomic mass is 35.5. The van der Waals surface area contributed by atoms with Crippen molar-refractivity contribution in [3.8, 4) is 0 Å². The van der Waals surface area contributed by atoms with Crippen LogP contribution in [0.3, 0.4) is 0 Å². The number of carbonyl (C=O) groups is 1. The van der Waals surface area contributed by atoms with Crippen molar-refractivity contribution >= 4 is 29.1 Å². The van der Waals surface area contributed by atoms with Gasteiger partial charge in [-0.15, -0.1) is 0 Å². The van der Waals surface area contributed by atoms with E-state index in [0.29, 0.717) is 10.7 Å². The molecule has 0 spiro atoms. The minimum atomic E-state index is -0.481. The molecular formula is C14H15ClN2O3. The Labute approximate surface area is 122 Å². The molecule has 1 aliphatic heterocycles. The molecular weight excluding hydrogens is 280 g/mol. The molecule has 0 bridgehead atoms. The predicted molar refractivity (Wildman–Crippen MR) is 76.3 cm³/mol. The summed E-state index contributed by atoms with van der Waals surface area (Å²) in [6.45, 7) is 0. The smallest absolute Gasteiger partial charge is 0.435 e. The number of amides is 1. The summed E-state index contributed by atoms with van der Waals surface area (Å²) in [5, 5.41) is 6.33. The summed E-state index contributed by atoms with van der Waals surface area (Å²) in [5.41, 5.74) is 1.50. The van der Waals surface area contributed by atoms with Gasteiger partial charge in [0.1, 0.15) is 0 Å². The molecule has 1 aliphatic carbocycles. The average molecular weight is 295 g/mol. The first-order valence-corrected chi connectivity index (χ1v) is 6.93. The van der Waals surface area contributed by atoms with Crippen LogP contribution in [-0.4, -0.2) is 31.1 Å². The van der Waals surface area contributed by atoms with Crippen LogP contribution >= 0.6 is 11.6 Å². The minimum absolute atomic E-state index is 0.0983. The number of methoxy groups -OCH3 is 1. The second-order valence-corrected chi connectivity index (χ2v) is 5.29. The molecule has 20 heavy (non-hydrogen) atoms. The third-order valence-corrected chi connectivity index (χ3v) is 3.84. The number of fused-ring (bicyclic) bond motifs is 1. The second kappa shape index (κ2) is 5.42. The van der Waals surface area contributed by atoms with E-state index in [1.54, 1.807) is 31.4 Å². The van der Waals surface area contributed by atoms with Crippen LogP contribution in [0, 0.1) is 0 Å². The van der Waals surface area contributed by atoms with Crippen molar-refractivity contribution in [1.82, 2.24) is 0 Å². The maximum absolute atomic E-state index is 12.1. The molecule has 1 saturated carbocycles. The number of benzene rings is 1. The Hall–Kier alpha value is -1.59. The Balaban J connectivity index is 1.90. The topological polar surface area (TPSA) is 51.1 Å². The molecule has 2 atom stereocenters. The number of anilines is 1. The zero-order valence-corrected chi connectivity index (χ0v) is 11.8. The Morgan fingerprint density at radius 3 is 2.85 bits per heavy atom. The number of nitrogens with zero attached hydrogens (tertiary/aromatic N) is 2. The van der Waals surface area contributed by atoms with E-state index in [1.807, 2.05) is 0 Å². The first kappa shape index (κ1) is 13.4. The summed E-state index contributed by atoms with van der Waals surface area (Å²) in [6.07, 6.45) is 1.75. The molecule has 3 rings (SSSR count). The van der Waals surface area contributed by atoms with Gasteiger partial charge in [-0.25, -0.2) is 4.79 Å². The molecule has 1 aromatic rings. The molecule has 0 saturated heterocycles. The molecule has 0 aromatic heterocycles. The van der Waals surface area contributed by atoms with Crippen LogP contribution in [0.4, 0.5) is 10.5 Å². The summed E-state index contributed by atoms with van der Waals surface area (Å²) in [4.78, 5) is 12.1. The third kappa shape index (κ3) is 2.39. The fourth-order valence-corrected chi connectivity index (χ4v) is 2.68. The first-order valence-electron chi connectivity index (χ1n) is 6.55. The summed E-state index contributed by atoms with van der Waals surface area (Å²) < 4.78 is 10.9. The largest absolute Gasteiger partial charge is 0.436 e. The fraction of sp³-hybridized carbons (Fsp3) is 0.429. The van der Waals surface area contributed by atoms with Gasteiger partial charge in [0.25, 0.3) is 0 Å². The standard InChI is InChI=1S/C14H15ClN2O3/c1-19-12-4-2-3-11-13(12)20-14(18)17(16-11)10-7-5-9(15)6-8-10/h5-8,12-13H,2-4H2,1H3. The van der Waals surface area contributed by atoms with Gasteiger partial charge in [0.15, 0.2) is 6.10 Å². The number of carbonyl (C=O) groups excluding carboxylic acids is 1. The van der Waals surface area contributed by atoms with Crippen LogP contribution in [0.5, 0.6) is 0 Å². The summed E-state index contributed by atoms with van der Waals surface area (Å²) in [5.74, 6) is 0. The molecule has 0 N–H and O–H groups in total. The lowest BCUT2D eigenvalue weighted by molar-refractivity contribution is -0.00464. The van der Waals surface area contributed by atoms with Gasteiger partial charge in [-0.1, -0.05) is 11.6 Å². The van der Waals surface area contributed by atoms with Gasteiger partial charge >= 0.3 is 6.09 Å². The van der Waals surface area contributed by atoms with Crippen LogP contribution < -0.4 is 5.01 Å². The molecule has 1 amide bonds. The Morgan fingerprint density at radius 2 is 2.15 bits per heavy atom. The number of ether oxygens (including phenoxy) is 2. The molecule has 1 aromatic carbocycles. The van der Waals surface area contributed by atoms with Crippen LogP contribution in [-0.2, 0) is 9.47 Å². The van der Waals surface area contributed by atoms with Gasteiger partial charge in [0, 0.05) is 12.1 Å². The van der Waals surface area contributed by atoms with Crippen molar-refractivity contribution in [3.63, 3.8) is 0 Å². The van der Waals surface area contributed by atoms with Gasteiger partial charge in [-0.3, -0.25) is 0 Å². The summed E-state index contributed by atoms with van der Waals surface area (Å²) in [6, 6.07) is 6.92. The van der Waals surface area contributed by atoms with Crippen LogP contribution in [0.1, 0.15) is 19.3 Å². The number of hydrazone groups is 1. The van der Waals surface area contributed by atoms with Crippen molar-refractivity contribution in [1.29, 1.82) is 0 Å². The monoisotopic (exact) mass is 294 g/mol. The molecule has 106 valence electrons. The van der Waals surface area contributed by atoms with Crippen LogP contribution in [0.25, 0.3) is 0 Å². The molecule has 2 unspecified atom stereocenters. The Kier molecular flexibility index (Phi) is 3.63. The number of hydrogen-bond donors (Lipinski definition) is 0. The van der Waals surface area contributed by atoms with Gasteiger partial charge in [0.2, 0.25) is 0 Å². The highest BCUT2D eigenvalue weighted by molar-refractivity contribution is 6.30. The summed E-state index contributed by atoms with van der Waals surface area (Å²) >= 11 is 5.85. The van der Waals surface area contributed by atoms with Gasteiger partial charge in [-0.05, 0) is 43.5 Å². The maximum atomic E-state index is 12.1. The second-order valence-electron chi connectivity index (χ2n) is 4.85. The van der Waals surface area contributed by atoms with E-state index in [1.165, 1.54) is 5.01 Å². The Morgan fingerprint density at radius 1 is 1.40 bits per heavy atom. The van der Waals surface area contributed by atoms with E-state index in [0.717, 1.165) is 25.0 Å². The molecule has 1 fully saturated rings.